The van der Waals surface area contributed by atoms with Gasteiger partial charge in [0.25, 0.3) is 0 Å². The number of amides is 1. The molecule has 0 heterocycles. The summed E-state index contributed by atoms with van der Waals surface area (Å²) in [7, 11) is 0. The smallest absolute Gasteiger partial charge is 0.306 e. The third-order valence-corrected chi connectivity index (χ3v) is 13.7. The van der Waals surface area contributed by atoms with E-state index in [4.69, 9.17) is 4.74 Å². The van der Waals surface area contributed by atoms with Crippen LogP contribution in [-0.4, -0.2) is 46.9 Å². The van der Waals surface area contributed by atoms with E-state index in [-0.39, 0.29) is 24.9 Å². The molecule has 0 aliphatic heterocycles. The minimum Gasteiger partial charge on any atom is -0.462 e. The first-order chi connectivity index (χ1) is 31.0. The molecule has 3 atom stereocenters. The lowest BCUT2D eigenvalue weighted by atomic mass is 10.0. The average Bonchev–Trinajstić information content (AvgIpc) is 3.28. The first-order valence-corrected chi connectivity index (χ1v) is 28.8. The highest BCUT2D eigenvalue weighted by Crippen LogP contribution is 2.19. The highest BCUT2D eigenvalue weighted by molar-refractivity contribution is 5.77. The molecule has 0 saturated carbocycles. The van der Waals surface area contributed by atoms with E-state index in [1.165, 1.54) is 244 Å². The van der Waals surface area contributed by atoms with Crippen molar-refractivity contribution in [1.29, 1.82) is 0 Å². The molecule has 1 amide bonds. The van der Waals surface area contributed by atoms with Gasteiger partial charge >= 0.3 is 5.97 Å². The molecule has 6 heteroatoms. The Labute approximate surface area is 394 Å². The first kappa shape index (κ1) is 61.9. The molecule has 3 N–H and O–H groups in total. The van der Waals surface area contributed by atoms with Gasteiger partial charge in [-0.25, -0.2) is 0 Å². The molecule has 0 fully saturated rings. The third kappa shape index (κ3) is 47.2. The van der Waals surface area contributed by atoms with Crippen LogP contribution in [0.3, 0.4) is 0 Å². The Hall–Kier alpha value is -1.14. The maximum absolute atomic E-state index is 13.2. The fraction of sp³-hybridized carbons (Fsp3) is 0.965. The van der Waals surface area contributed by atoms with Crippen LogP contribution in [0.1, 0.15) is 329 Å². The zero-order valence-corrected chi connectivity index (χ0v) is 43.0. The molecule has 0 bridgehead atoms. The molecule has 376 valence electrons. The molecular formula is C57H113NO5. The van der Waals surface area contributed by atoms with Gasteiger partial charge in [-0.05, 0) is 25.7 Å². The standard InChI is InChI=1S/C57H113NO5/c1-4-7-10-13-16-19-21-23-25-27-29-31-33-35-38-41-44-47-50-57(62)63-53(48-45-42-39-37-34-32-30-28-26-24-22-20-17-14-11-8-5-2)51-56(61)58-54(52-59)55(60)49-46-43-40-36-18-15-12-9-6-3/h53-55,59-60H,4-52H2,1-3H3,(H,58,61). The van der Waals surface area contributed by atoms with Gasteiger partial charge in [0.1, 0.15) is 6.10 Å². The normalized spacial score (nSPS) is 13.0. The number of nitrogens with one attached hydrogen (secondary N) is 1. The predicted molar refractivity (Wildman–Crippen MR) is 274 cm³/mol. The van der Waals surface area contributed by atoms with E-state index >= 15 is 0 Å². The predicted octanol–water partition coefficient (Wildman–Crippen LogP) is 17.5. The van der Waals surface area contributed by atoms with Gasteiger partial charge in [-0.15, -0.1) is 0 Å². The minimum absolute atomic E-state index is 0.0883. The van der Waals surface area contributed by atoms with Gasteiger partial charge in [-0.3, -0.25) is 9.59 Å². The Morgan fingerprint density at radius 1 is 0.397 bits per heavy atom. The van der Waals surface area contributed by atoms with E-state index in [0.29, 0.717) is 19.3 Å². The SMILES string of the molecule is CCCCCCCCCCCCCCCCCCCCC(=O)OC(CCCCCCCCCCCCCCCCCCC)CC(=O)NC(CO)C(O)CCCCCCCCCCC. The number of carbonyl (C=O) groups is 2. The number of ether oxygens (including phenoxy) is 1. The average molecular weight is 893 g/mol. The summed E-state index contributed by atoms with van der Waals surface area (Å²) in [5, 5.41) is 23.8. The van der Waals surface area contributed by atoms with Crippen LogP contribution in [0.5, 0.6) is 0 Å². The molecule has 0 aromatic carbocycles. The molecule has 0 rings (SSSR count). The first-order valence-electron chi connectivity index (χ1n) is 28.8. The second-order valence-electron chi connectivity index (χ2n) is 20.1. The summed E-state index contributed by atoms with van der Waals surface area (Å²) in [5.41, 5.74) is 0. The van der Waals surface area contributed by atoms with Crippen LogP contribution in [0.25, 0.3) is 0 Å². The number of rotatable bonds is 53. The maximum Gasteiger partial charge on any atom is 0.306 e. The Bertz CT molecular complexity index is 913. The lowest BCUT2D eigenvalue weighted by Crippen LogP contribution is -2.46. The van der Waals surface area contributed by atoms with Crippen LogP contribution in [-0.2, 0) is 14.3 Å². The molecule has 63 heavy (non-hydrogen) atoms. The van der Waals surface area contributed by atoms with Crippen LogP contribution < -0.4 is 5.32 Å². The second-order valence-corrected chi connectivity index (χ2v) is 20.1. The molecule has 0 aromatic heterocycles. The van der Waals surface area contributed by atoms with Crippen molar-refractivity contribution in [2.24, 2.45) is 0 Å². The molecule has 0 aliphatic rings. The van der Waals surface area contributed by atoms with Crippen LogP contribution in [0.4, 0.5) is 0 Å². The number of hydrogen-bond acceptors (Lipinski definition) is 5. The van der Waals surface area contributed by atoms with E-state index in [0.717, 1.165) is 38.5 Å². The van der Waals surface area contributed by atoms with Crippen molar-refractivity contribution in [3.63, 3.8) is 0 Å². The van der Waals surface area contributed by atoms with Gasteiger partial charge in [-0.2, -0.15) is 0 Å². The third-order valence-electron chi connectivity index (χ3n) is 13.7. The summed E-state index contributed by atoms with van der Waals surface area (Å²) < 4.78 is 5.97. The Morgan fingerprint density at radius 2 is 0.667 bits per heavy atom. The lowest BCUT2D eigenvalue weighted by molar-refractivity contribution is -0.151. The van der Waals surface area contributed by atoms with Crippen LogP contribution in [0.15, 0.2) is 0 Å². The van der Waals surface area contributed by atoms with Crippen molar-refractivity contribution in [1.82, 2.24) is 5.32 Å². The Morgan fingerprint density at radius 3 is 0.968 bits per heavy atom. The Balaban J connectivity index is 4.44. The topological polar surface area (TPSA) is 95.9 Å². The molecule has 0 spiro atoms. The zero-order valence-electron chi connectivity index (χ0n) is 43.0. The van der Waals surface area contributed by atoms with E-state index in [1.807, 2.05) is 0 Å². The number of aliphatic hydroxyl groups is 2. The van der Waals surface area contributed by atoms with E-state index in [1.54, 1.807) is 0 Å². The van der Waals surface area contributed by atoms with Crippen molar-refractivity contribution in [3.05, 3.63) is 0 Å². The quantitative estimate of drug-likeness (QED) is 0.0418. The summed E-state index contributed by atoms with van der Waals surface area (Å²) in [6.07, 6.45) is 57.5. The zero-order chi connectivity index (χ0) is 45.9. The van der Waals surface area contributed by atoms with Crippen molar-refractivity contribution in [2.75, 3.05) is 6.61 Å². The van der Waals surface area contributed by atoms with Crippen LogP contribution in [0.2, 0.25) is 0 Å². The van der Waals surface area contributed by atoms with Crippen molar-refractivity contribution >= 4 is 11.9 Å². The maximum atomic E-state index is 13.2. The second kappa shape index (κ2) is 51.8. The summed E-state index contributed by atoms with van der Waals surface area (Å²) in [4.78, 5) is 26.2. The minimum atomic E-state index is -0.779. The number of carbonyl (C=O) groups excluding carboxylic acids is 2. The monoisotopic (exact) mass is 892 g/mol. The fourth-order valence-corrected chi connectivity index (χ4v) is 9.32. The highest BCUT2D eigenvalue weighted by Gasteiger charge is 2.24. The Kier molecular flexibility index (Phi) is 50.9. The molecular weight excluding hydrogens is 779 g/mol. The van der Waals surface area contributed by atoms with Crippen molar-refractivity contribution in [2.45, 2.75) is 347 Å². The summed E-state index contributed by atoms with van der Waals surface area (Å²) in [6.45, 7) is 6.52. The number of hydrogen-bond donors (Lipinski definition) is 3. The largest absolute Gasteiger partial charge is 0.462 e. The molecule has 0 aliphatic carbocycles. The summed E-state index contributed by atoms with van der Waals surface area (Å²) >= 11 is 0. The van der Waals surface area contributed by atoms with Crippen LogP contribution >= 0.6 is 0 Å². The number of unbranched alkanes of at least 4 members (excludes halogenated alkanes) is 41. The molecule has 0 aromatic rings. The van der Waals surface area contributed by atoms with Crippen molar-refractivity contribution in [3.8, 4) is 0 Å². The lowest BCUT2D eigenvalue weighted by Gasteiger charge is -2.24. The summed E-state index contributed by atoms with van der Waals surface area (Å²) in [6, 6.07) is -0.692. The van der Waals surface area contributed by atoms with Gasteiger partial charge in [0.15, 0.2) is 0 Å². The van der Waals surface area contributed by atoms with Gasteiger partial charge in [-0.1, -0.05) is 290 Å². The van der Waals surface area contributed by atoms with Gasteiger partial charge in [0, 0.05) is 6.42 Å². The molecule has 6 nitrogen and oxygen atoms in total. The molecule has 0 saturated heterocycles. The van der Waals surface area contributed by atoms with Gasteiger partial charge in [0.2, 0.25) is 5.91 Å². The number of aliphatic hydroxyl groups excluding tert-OH is 2. The van der Waals surface area contributed by atoms with E-state index in [9.17, 15) is 19.8 Å². The van der Waals surface area contributed by atoms with Crippen molar-refractivity contribution < 1.29 is 24.5 Å². The highest BCUT2D eigenvalue weighted by atomic mass is 16.5. The molecule has 3 unspecified atom stereocenters. The molecule has 0 radical (unpaired) electrons. The summed E-state index contributed by atoms with van der Waals surface area (Å²) in [5.74, 6) is -0.446. The van der Waals surface area contributed by atoms with Gasteiger partial charge < -0.3 is 20.3 Å². The number of esters is 1. The van der Waals surface area contributed by atoms with E-state index in [2.05, 4.69) is 26.1 Å². The fourth-order valence-electron chi connectivity index (χ4n) is 9.32. The van der Waals surface area contributed by atoms with E-state index < -0.39 is 18.2 Å². The van der Waals surface area contributed by atoms with Gasteiger partial charge in [0.05, 0.1) is 25.2 Å². The van der Waals surface area contributed by atoms with Crippen LogP contribution in [0, 0.1) is 0 Å².